The van der Waals surface area contributed by atoms with Crippen LogP contribution >= 0.6 is 0 Å². The van der Waals surface area contributed by atoms with E-state index in [9.17, 15) is 4.79 Å². The molecule has 1 atom stereocenters. The van der Waals surface area contributed by atoms with Gasteiger partial charge in [0.05, 0.1) is 0 Å². The van der Waals surface area contributed by atoms with Gasteiger partial charge in [0.25, 0.3) is 0 Å². The molecule has 0 saturated heterocycles. The molecule has 1 aliphatic heterocycles. The number of hydrogen-bond donors (Lipinski definition) is 1. The Morgan fingerprint density at radius 3 is 2.73 bits per heavy atom. The topological polar surface area (TPSA) is 32.3 Å². The largest absolute Gasteiger partial charge is 0.382 e. The third kappa shape index (κ3) is 3.13. The lowest BCUT2D eigenvalue weighted by molar-refractivity contribution is -0.118. The van der Waals surface area contributed by atoms with Gasteiger partial charge in [-0.1, -0.05) is 19.3 Å². The molecule has 1 N–H and O–H groups in total. The monoisotopic (exact) mass is 300 g/mol. The van der Waals surface area contributed by atoms with Crippen LogP contribution in [0.5, 0.6) is 0 Å². The molecule has 1 aromatic carbocycles. The molecule has 1 amide bonds. The van der Waals surface area contributed by atoms with Crippen LogP contribution in [0.1, 0.15) is 57.9 Å². The predicted molar refractivity (Wildman–Crippen MR) is 92.4 cm³/mol. The van der Waals surface area contributed by atoms with E-state index in [1.807, 2.05) is 11.8 Å². The van der Waals surface area contributed by atoms with E-state index in [0.717, 1.165) is 24.6 Å². The van der Waals surface area contributed by atoms with Gasteiger partial charge >= 0.3 is 0 Å². The van der Waals surface area contributed by atoms with Crippen molar-refractivity contribution in [3.63, 3.8) is 0 Å². The summed E-state index contributed by atoms with van der Waals surface area (Å²) in [6, 6.07) is 7.04. The molecule has 0 radical (unpaired) electrons. The van der Waals surface area contributed by atoms with E-state index in [1.54, 1.807) is 0 Å². The highest BCUT2D eigenvalue weighted by Gasteiger charge is 2.24. The molecule has 1 heterocycles. The van der Waals surface area contributed by atoms with Gasteiger partial charge in [-0.05, 0) is 62.8 Å². The summed E-state index contributed by atoms with van der Waals surface area (Å²) in [6.45, 7) is 5.12. The lowest BCUT2D eigenvalue weighted by Crippen LogP contribution is -2.35. The van der Waals surface area contributed by atoms with Gasteiger partial charge in [0.2, 0.25) is 5.91 Å². The Hall–Kier alpha value is -1.51. The van der Waals surface area contributed by atoms with E-state index in [0.29, 0.717) is 12.5 Å². The zero-order valence-corrected chi connectivity index (χ0v) is 13.9. The normalized spacial score (nSPS) is 20.6. The maximum atomic E-state index is 12.0. The molecule has 0 unspecified atom stereocenters. The van der Waals surface area contributed by atoms with Crippen molar-refractivity contribution in [3.8, 4) is 0 Å². The van der Waals surface area contributed by atoms with Crippen LogP contribution < -0.4 is 10.2 Å². The Balaban J connectivity index is 1.72. The van der Waals surface area contributed by atoms with Crippen LogP contribution in [-0.4, -0.2) is 18.5 Å². The fraction of sp³-hybridized carbons (Fsp3) is 0.632. The second-order valence-electron chi connectivity index (χ2n) is 6.81. The Kier molecular flexibility index (Phi) is 4.70. The minimum atomic E-state index is 0.256. The fourth-order valence-electron chi connectivity index (χ4n) is 4.01. The van der Waals surface area contributed by atoms with Crippen molar-refractivity contribution in [1.82, 2.24) is 0 Å². The first kappa shape index (κ1) is 15.4. The molecule has 0 spiro atoms. The summed E-state index contributed by atoms with van der Waals surface area (Å²) in [5.74, 6) is 1.06. The minimum absolute atomic E-state index is 0.256. The van der Waals surface area contributed by atoms with Gasteiger partial charge in [-0.15, -0.1) is 0 Å². The van der Waals surface area contributed by atoms with Gasteiger partial charge in [-0.3, -0.25) is 4.79 Å². The van der Waals surface area contributed by atoms with Crippen molar-refractivity contribution in [1.29, 1.82) is 0 Å². The van der Waals surface area contributed by atoms with Gasteiger partial charge in [0.1, 0.15) is 0 Å². The third-order valence-electron chi connectivity index (χ3n) is 5.35. The molecule has 22 heavy (non-hydrogen) atoms. The van der Waals surface area contributed by atoms with Crippen LogP contribution in [0, 0.1) is 5.92 Å². The second-order valence-corrected chi connectivity index (χ2v) is 6.81. The van der Waals surface area contributed by atoms with Crippen LogP contribution in [0.2, 0.25) is 0 Å². The highest BCUT2D eigenvalue weighted by atomic mass is 16.2. The molecule has 1 aromatic rings. The van der Waals surface area contributed by atoms with Gasteiger partial charge in [0, 0.05) is 30.4 Å². The number of fused-ring (bicyclic) bond motifs is 1. The number of aryl methyl sites for hydroxylation is 1. The van der Waals surface area contributed by atoms with Crippen LogP contribution in [0.4, 0.5) is 11.4 Å². The lowest BCUT2D eigenvalue weighted by Gasteiger charge is -2.31. The van der Waals surface area contributed by atoms with Crippen LogP contribution in [0.25, 0.3) is 0 Å². The predicted octanol–water partition coefficient (Wildman–Crippen LogP) is 4.37. The first-order valence-electron chi connectivity index (χ1n) is 8.89. The Morgan fingerprint density at radius 2 is 2.00 bits per heavy atom. The number of benzene rings is 1. The Bertz CT molecular complexity index is 534. The van der Waals surface area contributed by atoms with Gasteiger partial charge < -0.3 is 10.2 Å². The standard InChI is InChI=1S/C19H28N2O/c1-3-21-18-11-10-17(13-16(18)9-12-19(21)22)20-14(2)15-7-5-4-6-8-15/h10-11,13-15,20H,3-9,12H2,1-2H3/t14-/m0/s1. The number of anilines is 2. The first-order chi connectivity index (χ1) is 10.7. The molecule has 1 aliphatic carbocycles. The van der Waals surface area contributed by atoms with Crippen molar-refractivity contribution in [2.45, 2.75) is 64.8 Å². The van der Waals surface area contributed by atoms with Gasteiger partial charge in [-0.25, -0.2) is 0 Å². The second kappa shape index (κ2) is 6.72. The van der Waals surface area contributed by atoms with E-state index < -0.39 is 0 Å². The van der Waals surface area contributed by atoms with E-state index in [1.165, 1.54) is 43.4 Å². The summed E-state index contributed by atoms with van der Waals surface area (Å²) in [5.41, 5.74) is 3.62. The molecule has 1 saturated carbocycles. The highest BCUT2D eigenvalue weighted by molar-refractivity contribution is 5.96. The van der Waals surface area contributed by atoms with E-state index in [2.05, 4.69) is 30.4 Å². The van der Waals surface area contributed by atoms with Gasteiger partial charge in [-0.2, -0.15) is 0 Å². The Morgan fingerprint density at radius 1 is 1.23 bits per heavy atom. The van der Waals surface area contributed by atoms with Crippen molar-refractivity contribution < 1.29 is 4.79 Å². The van der Waals surface area contributed by atoms with Crippen LogP contribution in [-0.2, 0) is 11.2 Å². The Labute approximate surface area is 134 Å². The number of amides is 1. The molecule has 3 heteroatoms. The number of nitrogens with zero attached hydrogens (tertiary/aromatic N) is 1. The summed E-state index contributed by atoms with van der Waals surface area (Å²) in [6.07, 6.45) is 8.40. The maximum absolute atomic E-state index is 12.0. The summed E-state index contributed by atoms with van der Waals surface area (Å²) in [7, 11) is 0. The summed E-state index contributed by atoms with van der Waals surface area (Å²) >= 11 is 0. The van der Waals surface area contributed by atoms with E-state index in [4.69, 9.17) is 0 Å². The summed E-state index contributed by atoms with van der Waals surface area (Å²) < 4.78 is 0. The summed E-state index contributed by atoms with van der Waals surface area (Å²) in [4.78, 5) is 13.9. The average molecular weight is 300 g/mol. The maximum Gasteiger partial charge on any atom is 0.227 e. The third-order valence-corrected chi connectivity index (χ3v) is 5.35. The lowest BCUT2D eigenvalue weighted by atomic mass is 9.84. The molecule has 0 aromatic heterocycles. The van der Waals surface area contributed by atoms with Crippen molar-refractivity contribution in [2.75, 3.05) is 16.8 Å². The van der Waals surface area contributed by atoms with Crippen LogP contribution in [0.15, 0.2) is 18.2 Å². The SMILES string of the molecule is CCN1C(=O)CCc2cc(N[C@@H](C)C3CCCCC3)ccc21. The fourth-order valence-corrected chi connectivity index (χ4v) is 4.01. The number of rotatable bonds is 4. The molecule has 120 valence electrons. The minimum Gasteiger partial charge on any atom is -0.382 e. The smallest absolute Gasteiger partial charge is 0.227 e. The molecule has 3 nitrogen and oxygen atoms in total. The van der Waals surface area contributed by atoms with Crippen LogP contribution in [0.3, 0.4) is 0 Å². The molecular weight excluding hydrogens is 272 g/mol. The number of nitrogens with one attached hydrogen (secondary N) is 1. The quantitative estimate of drug-likeness (QED) is 0.895. The summed E-state index contributed by atoms with van der Waals surface area (Å²) in [5, 5.41) is 3.70. The van der Waals surface area contributed by atoms with Crippen molar-refractivity contribution in [2.24, 2.45) is 5.92 Å². The van der Waals surface area contributed by atoms with E-state index >= 15 is 0 Å². The molecule has 2 aliphatic rings. The zero-order chi connectivity index (χ0) is 15.5. The molecular formula is C19H28N2O. The molecule has 1 fully saturated rings. The zero-order valence-electron chi connectivity index (χ0n) is 13.9. The number of hydrogen-bond acceptors (Lipinski definition) is 2. The first-order valence-corrected chi connectivity index (χ1v) is 8.89. The molecule has 3 rings (SSSR count). The number of carbonyl (C=O) groups excluding carboxylic acids is 1. The van der Waals surface area contributed by atoms with Crippen molar-refractivity contribution >= 4 is 17.3 Å². The molecule has 0 bridgehead atoms. The highest BCUT2D eigenvalue weighted by Crippen LogP contribution is 2.32. The van der Waals surface area contributed by atoms with Crippen molar-refractivity contribution in [3.05, 3.63) is 23.8 Å². The van der Waals surface area contributed by atoms with E-state index in [-0.39, 0.29) is 5.91 Å². The number of carbonyl (C=O) groups is 1. The average Bonchev–Trinajstić information content (AvgIpc) is 2.55. The van der Waals surface area contributed by atoms with Gasteiger partial charge in [0.15, 0.2) is 0 Å².